The summed E-state index contributed by atoms with van der Waals surface area (Å²) in [6.07, 6.45) is 0. The van der Waals surface area contributed by atoms with Gasteiger partial charge in [-0.3, -0.25) is 4.79 Å². The first-order valence-electron chi connectivity index (χ1n) is 5.89. The molecule has 1 amide bonds. The maximum Gasteiger partial charge on any atom is 0.251 e. The van der Waals surface area contributed by atoms with Gasteiger partial charge in [-0.1, -0.05) is 19.1 Å². The molecule has 106 valence electrons. The van der Waals surface area contributed by atoms with Crippen LogP contribution in [0.1, 0.15) is 22.8 Å². The number of hydrogen-bond acceptors (Lipinski definition) is 3. The summed E-state index contributed by atoms with van der Waals surface area (Å²) in [6.45, 7) is 2.12. The Hall–Kier alpha value is -1.11. The SMILES string of the molecule is CCNS(=O)(=O)CCNC(=O)c1ccc(CCl)cc1. The summed E-state index contributed by atoms with van der Waals surface area (Å²) in [5.41, 5.74) is 1.41. The zero-order valence-electron chi connectivity index (χ0n) is 10.6. The van der Waals surface area contributed by atoms with Crippen molar-refractivity contribution in [3.05, 3.63) is 35.4 Å². The number of sulfonamides is 1. The van der Waals surface area contributed by atoms with Gasteiger partial charge in [-0.2, -0.15) is 0 Å². The van der Waals surface area contributed by atoms with E-state index in [-0.39, 0.29) is 18.2 Å². The van der Waals surface area contributed by atoms with Gasteiger partial charge in [0, 0.05) is 24.5 Å². The number of halogens is 1. The van der Waals surface area contributed by atoms with Crippen molar-refractivity contribution >= 4 is 27.5 Å². The summed E-state index contributed by atoms with van der Waals surface area (Å²) in [5.74, 6) is -0.0392. The van der Waals surface area contributed by atoms with E-state index in [4.69, 9.17) is 11.6 Å². The number of rotatable bonds is 7. The van der Waals surface area contributed by atoms with E-state index in [1.165, 1.54) is 0 Å². The Morgan fingerprint density at radius 1 is 1.26 bits per heavy atom. The Balaban J connectivity index is 2.47. The number of alkyl halides is 1. The minimum absolute atomic E-state index is 0.0748. The van der Waals surface area contributed by atoms with Crippen molar-refractivity contribution in [2.45, 2.75) is 12.8 Å². The van der Waals surface area contributed by atoms with Crippen molar-refractivity contribution in [3.8, 4) is 0 Å². The molecule has 0 saturated heterocycles. The summed E-state index contributed by atoms with van der Waals surface area (Å²) in [7, 11) is -3.30. The second-order valence-corrected chi connectivity index (χ2v) is 6.10. The monoisotopic (exact) mass is 304 g/mol. The number of carbonyl (C=O) groups excluding carboxylic acids is 1. The molecule has 0 aliphatic heterocycles. The average molecular weight is 305 g/mol. The summed E-state index contributed by atoms with van der Waals surface area (Å²) in [5, 5.41) is 2.56. The molecule has 0 aliphatic carbocycles. The summed E-state index contributed by atoms with van der Waals surface area (Å²) in [4.78, 5) is 11.7. The molecule has 0 bridgehead atoms. The van der Waals surface area contributed by atoms with E-state index < -0.39 is 10.0 Å². The number of benzene rings is 1. The highest BCUT2D eigenvalue weighted by Crippen LogP contribution is 2.06. The van der Waals surface area contributed by atoms with E-state index in [1.807, 2.05) is 0 Å². The summed E-state index contributed by atoms with van der Waals surface area (Å²) >= 11 is 5.65. The fourth-order valence-electron chi connectivity index (χ4n) is 1.44. The Morgan fingerprint density at radius 3 is 2.42 bits per heavy atom. The van der Waals surface area contributed by atoms with E-state index in [0.29, 0.717) is 18.0 Å². The van der Waals surface area contributed by atoms with Crippen LogP contribution < -0.4 is 10.0 Å². The van der Waals surface area contributed by atoms with Crippen LogP contribution in [0.2, 0.25) is 0 Å². The molecule has 1 aromatic carbocycles. The van der Waals surface area contributed by atoms with Crippen molar-refractivity contribution in [1.29, 1.82) is 0 Å². The lowest BCUT2D eigenvalue weighted by molar-refractivity contribution is 0.0956. The lowest BCUT2D eigenvalue weighted by Gasteiger charge is -2.07. The van der Waals surface area contributed by atoms with Crippen LogP contribution >= 0.6 is 11.6 Å². The van der Waals surface area contributed by atoms with Crippen molar-refractivity contribution in [2.24, 2.45) is 0 Å². The fraction of sp³-hybridized carbons (Fsp3) is 0.417. The fourth-order valence-corrected chi connectivity index (χ4v) is 2.57. The first kappa shape index (κ1) is 15.9. The Bertz CT molecular complexity index is 514. The minimum Gasteiger partial charge on any atom is -0.351 e. The van der Waals surface area contributed by atoms with Gasteiger partial charge in [-0.05, 0) is 17.7 Å². The molecule has 1 aromatic rings. The van der Waals surface area contributed by atoms with Crippen LogP contribution in [0.3, 0.4) is 0 Å². The topological polar surface area (TPSA) is 75.3 Å². The third kappa shape index (κ3) is 5.59. The predicted molar refractivity (Wildman–Crippen MR) is 75.8 cm³/mol. The number of amides is 1. The molecule has 0 unspecified atom stereocenters. The van der Waals surface area contributed by atoms with Crippen molar-refractivity contribution in [1.82, 2.24) is 10.0 Å². The quantitative estimate of drug-likeness (QED) is 0.741. The van der Waals surface area contributed by atoms with Crippen molar-refractivity contribution < 1.29 is 13.2 Å². The van der Waals surface area contributed by atoms with Gasteiger partial charge < -0.3 is 5.32 Å². The molecule has 7 heteroatoms. The second-order valence-electron chi connectivity index (χ2n) is 3.90. The van der Waals surface area contributed by atoms with Gasteiger partial charge in [0.05, 0.1) is 5.75 Å². The molecule has 0 saturated carbocycles. The first-order chi connectivity index (χ1) is 8.98. The summed E-state index contributed by atoms with van der Waals surface area (Å²) in [6, 6.07) is 6.84. The van der Waals surface area contributed by atoms with Crippen LogP contribution in [0.4, 0.5) is 0 Å². The van der Waals surface area contributed by atoms with E-state index in [1.54, 1.807) is 31.2 Å². The highest BCUT2D eigenvalue weighted by Gasteiger charge is 2.10. The van der Waals surface area contributed by atoms with Crippen LogP contribution in [-0.4, -0.2) is 33.2 Å². The first-order valence-corrected chi connectivity index (χ1v) is 8.07. The molecular weight excluding hydrogens is 288 g/mol. The van der Waals surface area contributed by atoms with Crippen LogP contribution in [-0.2, 0) is 15.9 Å². The molecule has 0 fully saturated rings. The lowest BCUT2D eigenvalue weighted by atomic mass is 10.1. The second kappa shape index (κ2) is 7.47. The Morgan fingerprint density at radius 2 is 1.89 bits per heavy atom. The number of hydrogen-bond donors (Lipinski definition) is 2. The zero-order valence-corrected chi connectivity index (χ0v) is 12.2. The molecule has 5 nitrogen and oxygen atoms in total. The molecule has 0 atom stereocenters. The van der Waals surface area contributed by atoms with Gasteiger partial charge >= 0.3 is 0 Å². The molecule has 0 spiro atoms. The smallest absolute Gasteiger partial charge is 0.251 e. The van der Waals surface area contributed by atoms with Gasteiger partial charge in [0.1, 0.15) is 0 Å². The van der Waals surface area contributed by atoms with Crippen molar-refractivity contribution in [2.75, 3.05) is 18.8 Å². The van der Waals surface area contributed by atoms with E-state index >= 15 is 0 Å². The maximum absolute atomic E-state index is 11.7. The Labute approximate surface area is 118 Å². The predicted octanol–water partition coefficient (Wildman–Crippen LogP) is 1.09. The highest BCUT2D eigenvalue weighted by atomic mass is 35.5. The highest BCUT2D eigenvalue weighted by molar-refractivity contribution is 7.89. The molecular formula is C12H17ClN2O3S. The van der Waals surface area contributed by atoms with Gasteiger partial charge in [0.25, 0.3) is 5.91 Å². The normalized spacial score (nSPS) is 11.3. The molecule has 19 heavy (non-hydrogen) atoms. The third-order valence-electron chi connectivity index (χ3n) is 2.39. The molecule has 0 aliphatic rings. The molecule has 0 heterocycles. The van der Waals surface area contributed by atoms with Crippen LogP contribution in [0.15, 0.2) is 24.3 Å². The Kier molecular flexibility index (Phi) is 6.27. The third-order valence-corrected chi connectivity index (χ3v) is 4.17. The number of carbonyl (C=O) groups is 1. The molecule has 0 aromatic heterocycles. The van der Waals surface area contributed by atoms with E-state index in [0.717, 1.165) is 5.56 Å². The van der Waals surface area contributed by atoms with Crippen LogP contribution in [0.25, 0.3) is 0 Å². The lowest BCUT2D eigenvalue weighted by Crippen LogP contribution is -2.34. The van der Waals surface area contributed by atoms with Crippen LogP contribution in [0.5, 0.6) is 0 Å². The van der Waals surface area contributed by atoms with E-state index in [9.17, 15) is 13.2 Å². The maximum atomic E-state index is 11.7. The van der Waals surface area contributed by atoms with Gasteiger partial charge in [-0.15, -0.1) is 11.6 Å². The van der Waals surface area contributed by atoms with Crippen LogP contribution in [0, 0.1) is 0 Å². The minimum atomic E-state index is -3.30. The van der Waals surface area contributed by atoms with Crippen molar-refractivity contribution in [3.63, 3.8) is 0 Å². The zero-order chi connectivity index (χ0) is 14.3. The van der Waals surface area contributed by atoms with Gasteiger partial charge in [0.2, 0.25) is 10.0 Å². The van der Waals surface area contributed by atoms with Gasteiger partial charge in [-0.25, -0.2) is 13.1 Å². The summed E-state index contributed by atoms with van der Waals surface area (Å²) < 4.78 is 25.1. The molecule has 0 radical (unpaired) electrons. The molecule has 2 N–H and O–H groups in total. The van der Waals surface area contributed by atoms with E-state index in [2.05, 4.69) is 10.0 Å². The van der Waals surface area contributed by atoms with Gasteiger partial charge in [0.15, 0.2) is 0 Å². The average Bonchev–Trinajstić information content (AvgIpc) is 2.38. The number of nitrogens with one attached hydrogen (secondary N) is 2. The standard InChI is InChI=1S/C12H17ClN2O3S/c1-2-15-19(17,18)8-7-14-12(16)11-5-3-10(9-13)4-6-11/h3-6,15H,2,7-9H2,1H3,(H,14,16). The largest absolute Gasteiger partial charge is 0.351 e. The molecule has 1 rings (SSSR count).